The van der Waals surface area contributed by atoms with Crippen molar-refractivity contribution in [1.29, 1.82) is 0 Å². The highest BCUT2D eigenvalue weighted by molar-refractivity contribution is 5.73. The van der Waals surface area contributed by atoms with Gasteiger partial charge in [-0.1, -0.05) is 6.08 Å². The first-order valence-electron chi connectivity index (χ1n) is 7.65. The van der Waals surface area contributed by atoms with Crippen LogP contribution in [0.5, 0.6) is 5.75 Å². The highest BCUT2D eigenvalue weighted by Crippen LogP contribution is 2.27. The predicted octanol–water partition coefficient (Wildman–Crippen LogP) is 2.61. The molecule has 1 amide bonds. The lowest BCUT2D eigenvalue weighted by atomic mass is 10.0. The molecule has 0 aromatic carbocycles. The number of carbonyl (C=O) groups is 1. The number of carbonyl (C=O) groups excluding carboxylic acids is 1. The van der Waals surface area contributed by atoms with E-state index in [0.717, 1.165) is 17.6 Å². The van der Waals surface area contributed by atoms with Gasteiger partial charge in [0.05, 0.1) is 13.7 Å². The van der Waals surface area contributed by atoms with Gasteiger partial charge in [-0.2, -0.15) is 0 Å². The van der Waals surface area contributed by atoms with Gasteiger partial charge in [0.25, 0.3) is 0 Å². The third kappa shape index (κ3) is 4.45. The van der Waals surface area contributed by atoms with Crippen molar-refractivity contribution in [1.82, 2.24) is 9.88 Å². The van der Waals surface area contributed by atoms with E-state index < -0.39 is 5.60 Å². The van der Waals surface area contributed by atoms with Gasteiger partial charge < -0.3 is 19.5 Å². The van der Waals surface area contributed by atoms with Crippen molar-refractivity contribution in [2.24, 2.45) is 0 Å². The summed E-state index contributed by atoms with van der Waals surface area (Å²) in [5.41, 5.74) is 2.09. The van der Waals surface area contributed by atoms with Crippen LogP contribution in [0, 0.1) is 0 Å². The molecule has 23 heavy (non-hydrogen) atoms. The van der Waals surface area contributed by atoms with E-state index in [1.54, 1.807) is 18.2 Å². The molecule has 0 fully saturated rings. The number of methoxy groups -OCH3 is 1. The number of ether oxygens (including phenoxy) is 2. The molecule has 2 rings (SSSR count). The molecule has 0 bridgehead atoms. The first kappa shape index (κ1) is 17.3. The van der Waals surface area contributed by atoms with Gasteiger partial charge in [0.15, 0.2) is 0 Å². The molecule has 1 N–H and O–H groups in total. The molecule has 1 aromatic heterocycles. The summed E-state index contributed by atoms with van der Waals surface area (Å²) in [5, 5.41) is 9.22. The van der Waals surface area contributed by atoms with Gasteiger partial charge in [0.1, 0.15) is 17.0 Å². The number of amides is 1. The van der Waals surface area contributed by atoms with E-state index in [-0.39, 0.29) is 12.7 Å². The second-order valence-corrected chi connectivity index (χ2v) is 6.44. The van der Waals surface area contributed by atoms with Gasteiger partial charge in [-0.3, -0.25) is 4.98 Å². The average Bonchev–Trinajstić information content (AvgIpc) is 2.52. The Morgan fingerprint density at radius 3 is 2.70 bits per heavy atom. The Morgan fingerprint density at radius 2 is 2.17 bits per heavy atom. The molecular formula is C17H24N2O4. The zero-order valence-electron chi connectivity index (χ0n) is 14.1. The van der Waals surface area contributed by atoms with E-state index in [9.17, 15) is 9.90 Å². The number of aliphatic hydroxyl groups excluding tert-OH is 1. The molecule has 0 radical (unpaired) electrons. The lowest BCUT2D eigenvalue weighted by Crippen LogP contribution is -2.39. The van der Waals surface area contributed by atoms with E-state index in [2.05, 4.69) is 4.98 Å². The monoisotopic (exact) mass is 320 g/mol. The highest BCUT2D eigenvalue weighted by Gasteiger charge is 2.24. The molecule has 0 unspecified atom stereocenters. The van der Waals surface area contributed by atoms with Crippen molar-refractivity contribution >= 4 is 11.7 Å². The molecule has 0 saturated carbocycles. The molecule has 1 aliphatic rings. The van der Waals surface area contributed by atoms with Crippen LogP contribution in [0.3, 0.4) is 0 Å². The molecule has 6 heteroatoms. The lowest BCUT2D eigenvalue weighted by molar-refractivity contribution is 0.0270. The third-order valence-corrected chi connectivity index (χ3v) is 3.53. The van der Waals surface area contributed by atoms with Crippen molar-refractivity contribution in [3.8, 4) is 5.75 Å². The Labute approximate surface area is 136 Å². The molecule has 0 saturated heterocycles. The van der Waals surface area contributed by atoms with Crippen LogP contribution >= 0.6 is 0 Å². The molecule has 0 aliphatic carbocycles. The summed E-state index contributed by atoms with van der Waals surface area (Å²) in [7, 11) is 1.56. The molecule has 0 atom stereocenters. The van der Waals surface area contributed by atoms with E-state index >= 15 is 0 Å². The Hall–Kier alpha value is -2.08. The van der Waals surface area contributed by atoms with Gasteiger partial charge in [0.2, 0.25) is 0 Å². The number of hydrogen-bond donors (Lipinski definition) is 1. The number of pyridine rings is 1. The summed E-state index contributed by atoms with van der Waals surface area (Å²) in [6, 6.07) is 1.87. The SMILES string of the molecule is COc1cc(C2=CCN(C(=O)OC(C)(C)C)CC2)cnc1CO. The first-order valence-corrected chi connectivity index (χ1v) is 7.65. The molecule has 0 spiro atoms. The highest BCUT2D eigenvalue weighted by atomic mass is 16.6. The minimum absolute atomic E-state index is 0.158. The van der Waals surface area contributed by atoms with Crippen LogP contribution in [0.1, 0.15) is 38.4 Å². The predicted molar refractivity (Wildman–Crippen MR) is 87.1 cm³/mol. The van der Waals surface area contributed by atoms with Crippen LogP contribution in [-0.2, 0) is 11.3 Å². The van der Waals surface area contributed by atoms with Crippen LogP contribution in [0.4, 0.5) is 4.79 Å². The molecule has 6 nitrogen and oxygen atoms in total. The fourth-order valence-corrected chi connectivity index (χ4v) is 2.37. The van der Waals surface area contributed by atoms with Gasteiger partial charge >= 0.3 is 6.09 Å². The van der Waals surface area contributed by atoms with Gasteiger partial charge in [-0.15, -0.1) is 0 Å². The van der Waals surface area contributed by atoms with Crippen LogP contribution in [0.2, 0.25) is 0 Å². The van der Waals surface area contributed by atoms with Crippen molar-refractivity contribution in [3.05, 3.63) is 29.6 Å². The van der Waals surface area contributed by atoms with Gasteiger partial charge in [-0.25, -0.2) is 4.79 Å². The average molecular weight is 320 g/mol. The molecule has 2 heterocycles. The van der Waals surface area contributed by atoms with Crippen molar-refractivity contribution in [3.63, 3.8) is 0 Å². The second-order valence-electron chi connectivity index (χ2n) is 6.44. The maximum atomic E-state index is 12.1. The first-order chi connectivity index (χ1) is 10.8. The summed E-state index contributed by atoms with van der Waals surface area (Å²) in [4.78, 5) is 18.0. The Kier molecular flexibility index (Phi) is 5.26. The second kappa shape index (κ2) is 7.00. The molecule has 1 aliphatic heterocycles. The molecule has 126 valence electrons. The summed E-state index contributed by atoms with van der Waals surface area (Å²) in [5.74, 6) is 0.570. The Morgan fingerprint density at radius 1 is 1.43 bits per heavy atom. The van der Waals surface area contributed by atoms with Crippen LogP contribution in [-0.4, -0.2) is 46.9 Å². The smallest absolute Gasteiger partial charge is 0.410 e. The summed E-state index contributed by atoms with van der Waals surface area (Å²) in [6.45, 7) is 6.53. The summed E-state index contributed by atoms with van der Waals surface area (Å²) >= 11 is 0. The van der Waals surface area contributed by atoms with E-state index in [1.807, 2.05) is 32.9 Å². The zero-order valence-corrected chi connectivity index (χ0v) is 14.1. The number of aliphatic hydroxyl groups is 1. The quantitative estimate of drug-likeness (QED) is 0.927. The standard InChI is InChI=1S/C17H24N2O4/c1-17(2,3)23-16(21)19-7-5-12(6-8-19)13-9-15(22-4)14(11-20)18-10-13/h5,9-10,20H,6-8,11H2,1-4H3. The minimum atomic E-state index is -0.488. The molecular weight excluding hydrogens is 296 g/mol. The maximum Gasteiger partial charge on any atom is 0.410 e. The van der Waals surface area contributed by atoms with Crippen LogP contribution in [0.25, 0.3) is 5.57 Å². The fraction of sp³-hybridized carbons (Fsp3) is 0.529. The van der Waals surface area contributed by atoms with E-state index in [1.165, 1.54) is 0 Å². The Bertz CT molecular complexity index is 605. The van der Waals surface area contributed by atoms with Crippen LogP contribution in [0.15, 0.2) is 18.3 Å². The van der Waals surface area contributed by atoms with E-state index in [0.29, 0.717) is 24.5 Å². The largest absolute Gasteiger partial charge is 0.495 e. The number of hydrogen-bond acceptors (Lipinski definition) is 5. The van der Waals surface area contributed by atoms with E-state index in [4.69, 9.17) is 9.47 Å². The van der Waals surface area contributed by atoms with Crippen molar-refractivity contribution < 1.29 is 19.4 Å². The van der Waals surface area contributed by atoms with Gasteiger partial charge in [0, 0.05) is 19.3 Å². The van der Waals surface area contributed by atoms with Crippen molar-refractivity contribution in [2.45, 2.75) is 39.4 Å². The number of aromatic nitrogens is 1. The topological polar surface area (TPSA) is 71.9 Å². The normalized spacial score (nSPS) is 15.2. The summed E-state index contributed by atoms with van der Waals surface area (Å²) in [6.07, 6.45) is 4.16. The summed E-state index contributed by atoms with van der Waals surface area (Å²) < 4.78 is 10.6. The van der Waals surface area contributed by atoms with Gasteiger partial charge in [-0.05, 0) is 44.4 Å². The fourth-order valence-electron chi connectivity index (χ4n) is 2.37. The molecule has 1 aromatic rings. The number of rotatable bonds is 3. The minimum Gasteiger partial charge on any atom is -0.495 e. The third-order valence-electron chi connectivity index (χ3n) is 3.53. The van der Waals surface area contributed by atoms with Crippen LogP contribution < -0.4 is 4.74 Å². The lowest BCUT2D eigenvalue weighted by Gasteiger charge is -2.29. The number of nitrogens with zero attached hydrogens (tertiary/aromatic N) is 2. The van der Waals surface area contributed by atoms with Crippen molar-refractivity contribution in [2.75, 3.05) is 20.2 Å². The zero-order chi connectivity index (χ0) is 17.0. The Balaban J connectivity index is 2.08. The maximum absolute atomic E-state index is 12.1.